The zero-order valence-corrected chi connectivity index (χ0v) is 10.2. The molecule has 1 aliphatic heterocycles. The molecular weight excluding hydrogens is 196 g/mol. The van der Waals surface area contributed by atoms with Gasteiger partial charge in [-0.1, -0.05) is 6.07 Å². The van der Waals surface area contributed by atoms with Crippen molar-refractivity contribution < 1.29 is 0 Å². The summed E-state index contributed by atoms with van der Waals surface area (Å²) in [6, 6.07) is 4.60. The highest BCUT2D eigenvalue weighted by Crippen LogP contribution is 2.30. The van der Waals surface area contributed by atoms with Crippen LogP contribution in [0.1, 0.15) is 22.4 Å². The number of aromatic nitrogens is 1. The molecule has 16 heavy (non-hydrogen) atoms. The van der Waals surface area contributed by atoms with Gasteiger partial charge >= 0.3 is 0 Å². The summed E-state index contributed by atoms with van der Waals surface area (Å²) in [4.78, 5) is 0. The minimum absolute atomic E-state index is 0.961. The fourth-order valence-electron chi connectivity index (χ4n) is 3.04. The molecule has 0 saturated heterocycles. The first-order chi connectivity index (χ1) is 7.68. The first kappa shape index (κ1) is 9.91. The van der Waals surface area contributed by atoms with E-state index in [1.807, 2.05) is 0 Å². The zero-order chi connectivity index (χ0) is 11.3. The van der Waals surface area contributed by atoms with Crippen molar-refractivity contribution in [1.82, 2.24) is 9.88 Å². The standard InChI is InChI=1S/C14H18N2/c1-9-6-10(2)14-11(3)12-4-5-15-8-16(12)13(14)7-9/h6-7,15H,4-5,8H2,1-3H3. The topological polar surface area (TPSA) is 17.0 Å². The molecule has 1 N–H and O–H groups in total. The van der Waals surface area contributed by atoms with Crippen LogP contribution in [0.2, 0.25) is 0 Å². The normalized spacial score (nSPS) is 15.4. The van der Waals surface area contributed by atoms with Gasteiger partial charge in [-0.05, 0) is 43.5 Å². The SMILES string of the molecule is Cc1cc(C)c2c(C)c3n(c2c1)CNCC3. The van der Waals surface area contributed by atoms with Gasteiger partial charge in [-0.15, -0.1) is 0 Å². The van der Waals surface area contributed by atoms with Gasteiger partial charge in [0.1, 0.15) is 0 Å². The number of fused-ring (bicyclic) bond motifs is 3. The Morgan fingerprint density at radius 3 is 2.81 bits per heavy atom. The maximum atomic E-state index is 3.45. The van der Waals surface area contributed by atoms with E-state index >= 15 is 0 Å². The molecule has 1 aromatic heterocycles. The predicted molar refractivity (Wildman–Crippen MR) is 67.9 cm³/mol. The van der Waals surface area contributed by atoms with E-state index in [1.165, 1.54) is 33.3 Å². The van der Waals surface area contributed by atoms with E-state index in [0.29, 0.717) is 0 Å². The Balaban J connectivity index is 2.44. The Bertz CT molecular complexity index is 564. The monoisotopic (exact) mass is 214 g/mol. The number of benzene rings is 1. The quantitative estimate of drug-likeness (QED) is 0.713. The van der Waals surface area contributed by atoms with Gasteiger partial charge in [0.25, 0.3) is 0 Å². The van der Waals surface area contributed by atoms with Gasteiger partial charge < -0.3 is 4.57 Å². The highest BCUT2D eigenvalue weighted by Gasteiger charge is 2.17. The van der Waals surface area contributed by atoms with Crippen LogP contribution in [0.25, 0.3) is 10.9 Å². The average Bonchev–Trinajstić information content (AvgIpc) is 2.54. The van der Waals surface area contributed by atoms with Gasteiger partial charge in [0.2, 0.25) is 0 Å². The maximum absolute atomic E-state index is 3.45. The summed E-state index contributed by atoms with van der Waals surface area (Å²) in [5, 5.41) is 4.91. The fraction of sp³-hybridized carbons (Fsp3) is 0.429. The molecule has 1 aliphatic rings. The summed E-state index contributed by atoms with van der Waals surface area (Å²) in [6.45, 7) is 8.74. The number of rotatable bonds is 0. The Labute approximate surface area is 96.3 Å². The van der Waals surface area contributed by atoms with E-state index in [-0.39, 0.29) is 0 Å². The first-order valence-electron chi connectivity index (χ1n) is 5.98. The molecule has 0 bridgehead atoms. The summed E-state index contributed by atoms with van der Waals surface area (Å²) in [5.74, 6) is 0. The molecule has 1 aromatic carbocycles. The van der Waals surface area contributed by atoms with E-state index in [1.54, 1.807) is 0 Å². The minimum Gasteiger partial charge on any atom is -0.331 e. The fourth-order valence-corrected chi connectivity index (χ4v) is 3.04. The van der Waals surface area contributed by atoms with Crippen molar-refractivity contribution in [2.24, 2.45) is 0 Å². The van der Waals surface area contributed by atoms with Crippen LogP contribution in [0.15, 0.2) is 12.1 Å². The molecule has 0 unspecified atom stereocenters. The lowest BCUT2D eigenvalue weighted by Crippen LogP contribution is -2.28. The van der Waals surface area contributed by atoms with Crippen LogP contribution in [-0.4, -0.2) is 11.1 Å². The summed E-state index contributed by atoms with van der Waals surface area (Å²) < 4.78 is 2.44. The van der Waals surface area contributed by atoms with Crippen LogP contribution in [0, 0.1) is 20.8 Å². The third kappa shape index (κ3) is 1.23. The molecule has 2 heterocycles. The third-order valence-electron chi connectivity index (χ3n) is 3.69. The van der Waals surface area contributed by atoms with Gasteiger partial charge in [-0.2, -0.15) is 0 Å². The van der Waals surface area contributed by atoms with Crippen molar-refractivity contribution in [1.29, 1.82) is 0 Å². The molecular formula is C14H18N2. The van der Waals surface area contributed by atoms with Crippen molar-refractivity contribution in [3.8, 4) is 0 Å². The second-order valence-electron chi connectivity index (χ2n) is 4.88. The van der Waals surface area contributed by atoms with E-state index in [2.05, 4.69) is 42.8 Å². The van der Waals surface area contributed by atoms with Gasteiger partial charge in [0, 0.05) is 24.0 Å². The van der Waals surface area contributed by atoms with E-state index in [0.717, 1.165) is 19.6 Å². The van der Waals surface area contributed by atoms with Crippen molar-refractivity contribution in [2.75, 3.05) is 6.54 Å². The molecule has 0 aliphatic carbocycles. The Hall–Kier alpha value is -1.28. The molecule has 0 amide bonds. The van der Waals surface area contributed by atoms with E-state index in [9.17, 15) is 0 Å². The highest BCUT2D eigenvalue weighted by atomic mass is 15.1. The predicted octanol–water partition coefficient (Wildman–Crippen LogP) is 2.67. The van der Waals surface area contributed by atoms with Crippen molar-refractivity contribution >= 4 is 10.9 Å². The van der Waals surface area contributed by atoms with Crippen LogP contribution in [0.5, 0.6) is 0 Å². The molecule has 0 spiro atoms. The summed E-state index contributed by atoms with van der Waals surface area (Å²) in [7, 11) is 0. The number of hydrogen-bond donors (Lipinski definition) is 1. The van der Waals surface area contributed by atoms with Gasteiger partial charge in [0.15, 0.2) is 0 Å². The third-order valence-corrected chi connectivity index (χ3v) is 3.69. The summed E-state index contributed by atoms with van der Waals surface area (Å²) >= 11 is 0. The van der Waals surface area contributed by atoms with Crippen molar-refractivity contribution in [3.05, 3.63) is 34.5 Å². The van der Waals surface area contributed by atoms with Crippen LogP contribution in [-0.2, 0) is 13.1 Å². The smallest absolute Gasteiger partial charge is 0.0728 e. The van der Waals surface area contributed by atoms with Crippen LogP contribution < -0.4 is 5.32 Å². The molecule has 84 valence electrons. The summed E-state index contributed by atoms with van der Waals surface area (Å²) in [6.07, 6.45) is 1.15. The molecule has 0 radical (unpaired) electrons. The maximum Gasteiger partial charge on any atom is 0.0728 e. The lowest BCUT2D eigenvalue weighted by Gasteiger charge is -2.18. The van der Waals surface area contributed by atoms with Crippen LogP contribution in [0.4, 0.5) is 0 Å². The first-order valence-corrected chi connectivity index (χ1v) is 5.98. The van der Waals surface area contributed by atoms with Crippen molar-refractivity contribution in [3.63, 3.8) is 0 Å². The average molecular weight is 214 g/mol. The summed E-state index contributed by atoms with van der Waals surface area (Å²) in [5.41, 5.74) is 7.17. The van der Waals surface area contributed by atoms with Gasteiger partial charge in [0.05, 0.1) is 12.2 Å². The largest absolute Gasteiger partial charge is 0.331 e. The van der Waals surface area contributed by atoms with Gasteiger partial charge in [-0.25, -0.2) is 0 Å². The van der Waals surface area contributed by atoms with Crippen molar-refractivity contribution in [2.45, 2.75) is 33.9 Å². The molecule has 2 nitrogen and oxygen atoms in total. The number of aryl methyl sites for hydroxylation is 3. The Morgan fingerprint density at radius 1 is 1.19 bits per heavy atom. The van der Waals surface area contributed by atoms with E-state index in [4.69, 9.17) is 0 Å². The number of nitrogens with one attached hydrogen (secondary N) is 1. The van der Waals surface area contributed by atoms with Crippen LogP contribution >= 0.6 is 0 Å². The zero-order valence-electron chi connectivity index (χ0n) is 10.2. The van der Waals surface area contributed by atoms with Gasteiger partial charge in [-0.3, -0.25) is 5.32 Å². The lowest BCUT2D eigenvalue weighted by molar-refractivity contribution is 0.505. The molecule has 3 rings (SSSR count). The molecule has 2 heteroatoms. The Kier molecular flexibility index (Phi) is 2.08. The molecule has 0 fully saturated rings. The molecule has 0 saturated carbocycles. The number of nitrogens with zero attached hydrogens (tertiary/aromatic N) is 1. The highest BCUT2D eigenvalue weighted by molar-refractivity contribution is 5.89. The molecule has 2 aromatic rings. The Morgan fingerprint density at radius 2 is 2.00 bits per heavy atom. The number of hydrogen-bond acceptors (Lipinski definition) is 1. The van der Waals surface area contributed by atoms with Crippen LogP contribution in [0.3, 0.4) is 0 Å². The second-order valence-corrected chi connectivity index (χ2v) is 4.88. The minimum atomic E-state index is 0.961. The van der Waals surface area contributed by atoms with E-state index < -0.39 is 0 Å². The lowest BCUT2D eigenvalue weighted by atomic mass is 10.0. The second kappa shape index (κ2) is 3.36. The molecule has 0 atom stereocenters.